The standard InChI is InChI=1S/C13H17BrO3/c1-13(2,3)17-8-10-6-9(7-12(15)16)4-5-11(10)14/h4-6H,7-8H2,1-3H3,(H,15,16). The summed E-state index contributed by atoms with van der Waals surface area (Å²) in [5.41, 5.74) is 1.55. The van der Waals surface area contributed by atoms with Gasteiger partial charge in [0.05, 0.1) is 18.6 Å². The Labute approximate surface area is 110 Å². The molecule has 0 saturated heterocycles. The molecule has 0 bridgehead atoms. The maximum Gasteiger partial charge on any atom is 0.307 e. The van der Waals surface area contributed by atoms with E-state index in [9.17, 15) is 4.79 Å². The first-order valence-electron chi connectivity index (χ1n) is 5.41. The Hall–Kier alpha value is -0.870. The highest BCUT2D eigenvalue weighted by Crippen LogP contribution is 2.21. The van der Waals surface area contributed by atoms with Crippen molar-refractivity contribution < 1.29 is 14.6 Å². The van der Waals surface area contributed by atoms with Gasteiger partial charge in [-0.05, 0) is 38.0 Å². The zero-order valence-corrected chi connectivity index (χ0v) is 11.9. The van der Waals surface area contributed by atoms with Crippen LogP contribution in [0.15, 0.2) is 22.7 Å². The third-order valence-electron chi connectivity index (χ3n) is 2.13. The molecule has 0 aliphatic rings. The van der Waals surface area contributed by atoms with Crippen LogP contribution in [0.3, 0.4) is 0 Å². The molecule has 0 aliphatic carbocycles. The molecule has 3 nitrogen and oxygen atoms in total. The second-order valence-electron chi connectivity index (χ2n) is 4.90. The van der Waals surface area contributed by atoms with E-state index in [1.807, 2.05) is 32.9 Å². The first kappa shape index (κ1) is 14.2. The van der Waals surface area contributed by atoms with Crippen molar-refractivity contribution >= 4 is 21.9 Å². The molecule has 0 radical (unpaired) electrons. The van der Waals surface area contributed by atoms with Gasteiger partial charge in [-0.3, -0.25) is 4.79 Å². The highest BCUT2D eigenvalue weighted by Gasteiger charge is 2.12. The summed E-state index contributed by atoms with van der Waals surface area (Å²) in [6.07, 6.45) is 0.0375. The van der Waals surface area contributed by atoms with Crippen molar-refractivity contribution in [2.24, 2.45) is 0 Å². The molecule has 0 unspecified atom stereocenters. The van der Waals surface area contributed by atoms with Gasteiger partial charge in [0.25, 0.3) is 0 Å². The summed E-state index contributed by atoms with van der Waals surface area (Å²) in [4.78, 5) is 10.6. The first-order valence-corrected chi connectivity index (χ1v) is 6.20. The van der Waals surface area contributed by atoms with Crippen LogP contribution >= 0.6 is 15.9 Å². The maximum absolute atomic E-state index is 10.6. The minimum atomic E-state index is -0.824. The number of carboxylic acids is 1. The average Bonchev–Trinajstić information content (AvgIpc) is 2.17. The molecule has 1 N–H and O–H groups in total. The summed E-state index contributed by atoms with van der Waals surface area (Å²) in [7, 11) is 0. The monoisotopic (exact) mass is 300 g/mol. The van der Waals surface area contributed by atoms with Crippen molar-refractivity contribution in [1.29, 1.82) is 0 Å². The van der Waals surface area contributed by atoms with Crippen LogP contribution in [0, 0.1) is 0 Å². The normalized spacial score (nSPS) is 11.5. The second-order valence-corrected chi connectivity index (χ2v) is 5.75. The van der Waals surface area contributed by atoms with E-state index in [0.717, 1.165) is 15.6 Å². The molecular weight excluding hydrogens is 284 g/mol. The predicted octanol–water partition coefficient (Wildman–Crippen LogP) is 3.39. The van der Waals surface area contributed by atoms with Gasteiger partial charge in [-0.2, -0.15) is 0 Å². The minimum Gasteiger partial charge on any atom is -0.481 e. The topological polar surface area (TPSA) is 46.5 Å². The molecule has 4 heteroatoms. The molecule has 0 fully saturated rings. The third kappa shape index (κ3) is 5.33. The minimum absolute atomic E-state index is 0.0375. The van der Waals surface area contributed by atoms with Crippen LogP contribution < -0.4 is 0 Å². The number of ether oxygens (including phenoxy) is 1. The molecule has 0 spiro atoms. The largest absolute Gasteiger partial charge is 0.481 e. The smallest absolute Gasteiger partial charge is 0.307 e. The van der Waals surface area contributed by atoms with Crippen molar-refractivity contribution in [2.45, 2.75) is 39.4 Å². The lowest BCUT2D eigenvalue weighted by atomic mass is 10.1. The van der Waals surface area contributed by atoms with Gasteiger partial charge in [0.15, 0.2) is 0 Å². The molecule has 0 aromatic heterocycles. The molecular formula is C13H17BrO3. The highest BCUT2D eigenvalue weighted by atomic mass is 79.9. The number of carbonyl (C=O) groups is 1. The van der Waals surface area contributed by atoms with E-state index >= 15 is 0 Å². The van der Waals surface area contributed by atoms with E-state index in [1.165, 1.54) is 0 Å². The summed E-state index contributed by atoms with van der Waals surface area (Å²) in [5, 5.41) is 8.74. The van der Waals surface area contributed by atoms with Gasteiger partial charge >= 0.3 is 5.97 Å². The van der Waals surface area contributed by atoms with E-state index in [4.69, 9.17) is 9.84 Å². The fourth-order valence-electron chi connectivity index (χ4n) is 1.32. The Bertz CT molecular complexity index is 408. The average molecular weight is 301 g/mol. The lowest BCUT2D eigenvalue weighted by Crippen LogP contribution is -2.18. The summed E-state index contributed by atoms with van der Waals surface area (Å²) < 4.78 is 6.62. The number of hydrogen-bond donors (Lipinski definition) is 1. The SMILES string of the molecule is CC(C)(C)OCc1cc(CC(=O)O)ccc1Br. The fourth-order valence-corrected chi connectivity index (χ4v) is 1.68. The Morgan fingerprint density at radius 1 is 1.41 bits per heavy atom. The van der Waals surface area contributed by atoms with Gasteiger partial charge in [-0.15, -0.1) is 0 Å². The van der Waals surface area contributed by atoms with Crippen molar-refractivity contribution in [3.05, 3.63) is 33.8 Å². The number of halogens is 1. The summed E-state index contributed by atoms with van der Waals surface area (Å²) >= 11 is 3.44. The zero-order valence-electron chi connectivity index (χ0n) is 10.3. The quantitative estimate of drug-likeness (QED) is 0.927. The predicted molar refractivity (Wildman–Crippen MR) is 70.0 cm³/mol. The van der Waals surface area contributed by atoms with Crippen molar-refractivity contribution in [3.8, 4) is 0 Å². The van der Waals surface area contributed by atoms with Gasteiger partial charge in [-0.1, -0.05) is 28.1 Å². The van der Waals surface area contributed by atoms with Crippen molar-refractivity contribution in [2.75, 3.05) is 0 Å². The molecule has 0 saturated carbocycles. The number of benzene rings is 1. The molecule has 0 heterocycles. The van der Waals surface area contributed by atoms with Crippen LogP contribution in [0.25, 0.3) is 0 Å². The molecule has 1 aromatic rings. The zero-order chi connectivity index (χ0) is 13.1. The third-order valence-corrected chi connectivity index (χ3v) is 2.90. The second kappa shape index (κ2) is 5.65. The van der Waals surface area contributed by atoms with Gasteiger partial charge < -0.3 is 9.84 Å². The van der Waals surface area contributed by atoms with E-state index in [-0.39, 0.29) is 12.0 Å². The molecule has 0 atom stereocenters. The highest BCUT2D eigenvalue weighted by molar-refractivity contribution is 9.10. The molecule has 94 valence electrons. The Morgan fingerprint density at radius 2 is 2.06 bits per heavy atom. The summed E-state index contributed by atoms with van der Waals surface area (Å²) in [6, 6.07) is 5.53. The van der Waals surface area contributed by atoms with E-state index < -0.39 is 5.97 Å². The van der Waals surface area contributed by atoms with Crippen LogP contribution in [0.1, 0.15) is 31.9 Å². The Morgan fingerprint density at radius 3 is 2.59 bits per heavy atom. The maximum atomic E-state index is 10.6. The van der Waals surface area contributed by atoms with Crippen LogP contribution in [0.4, 0.5) is 0 Å². The molecule has 17 heavy (non-hydrogen) atoms. The number of carboxylic acid groups (broad SMARTS) is 1. The van der Waals surface area contributed by atoms with Gasteiger partial charge in [-0.25, -0.2) is 0 Å². The fraction of sp³-hybridized carbons (Fsp3) is 0.462. The molecule has 0 amide bonds. The van der Waals surface area contributed by atoms with E-state index in [2.05, 4.69) is 15.9 Å². The number of aliphatic carboxylic acids is 1. The van der Waals surface area contributed by atoms with E-state index in [1.54, 1.807) is 6.07 Å². The molecule has 1 rings (SSSR count). The van der Waals surface area contributed by atoms with Gasteiger partial charge in [0.1, 0.15) is 0 Å². The lowest BCUT2D eigenvalue weighted by molar-refractivity contribution is -0.136. The van der Waals surface area contributed by atoms with Crippen LogP contribution in [0.2, 0.25) is 0 Å². The molecule has 1 aromatic carbocycles. The van der Waals surface area contributed by atoms with Crippen LogP contribution in [-0.2, 0) is 22.6 Å². The van der Waals surface area contributed by atoms with Gasteiger partial charge in [0.2, 0.25) is 0 Å². The lowest BCUT2D eigenvalue weighted by Gasteiger charge is -2.20. The van der Waals surface area contributed by atoms with Crippen molar-refractivity contribution in [3.63, 3.8) is 0 Å². The van der Waals surface area contributed by atoms with Crippen LogP contribution in [-0.4, -0.2) is 16.7 Å². The Kier molecular flexibility index (Phi) is 4.71. The number of hydrogen-bond acceptors (Lipinski definition) is 2. The molecule has 0 aliphatic heterocycles. The Balaban J connectivity index is 2.80. The van der Waals surface area contributed by atoms with Crippen molar-refractivity contribution in [1.82, 2.24) is 0 Å². The summed E-state index contributed by atoms with van der Waals surface area (Å²) in [6.45, 7) is 6.43. The number of rotatable bonds is 4. The first-order chi connectivity index (χ1) is 7.78. The summed E-state index contributed by atoms with van der Waals surface area (Å²) in [5.74, 6) is -0.824. The van der Waals surface area contributed by atoms with Crippen LogP contribution in [0.5, 0.6) is 0 Å². The van der Waals surface area contributed by atoms with E-state index in [0.29, 0.717) is 6.61 Å². The van der Waals surface area contributed by atoms with Gasteiger partial charge in [0, 0.05) is 4.47 Å².